The van der Waals surface area contributed by atoms with E-state index in [9.17, 15) is 9.59 Å². The number of carbonyl (C=O) groups is 2. The zero-order valence-electron chi connectivity index (χ0n) is 15.4. The van der Waals surface area contributed by atoms with E-state index in [1.54, 1.807) is 24.3 Å². The summed E-state index contributed by atoms with van der Waals surface area (Å²) in [6, 6.07) is 12.3. The lowest BCUT2D eigenvalue weighted by atomic mass is 10.1. The van der Waals surface area contributed by atoms with Gasteiger partial charge in [-0.05, 0) is 42.3 Å². The average molecular weight is 368 g/mol. The summed E-state index contributed by atoms with van der Waals surface area (Å²) in [7, 11) is 0. The van der Waals surface area contributed by atoms with Crippen molar-refractivity contribution in [2.75, 3.05) is 13.3 Å². The normalized spacial score (nSPS) is 11.9. The second-order valence-corrected chi connectivity index (χ2v) is 6.41. The number of carbonyl (C=O) groups excluding carboxylic acids is 2. The van der Waals surface area contributed by atoms with Crippen LogP contribution in [0.5, 0.6) is 11.5 Å². The van der Waals surface area contributed by atoms with E-state index in [4.69, 9.17) is 9.47 Å². The van der Waals surface area contributed by atoms with E-state index in [0.29, 0.717) is 35.7 Å². The van der Waals surface area contributed by atoms with E-state index in [0.717, 1.165) is 24.8 Å². The van der Waals surface area contributed by atoms with Gasteiger partial charge in [0.15, 0.2) is 11.5 Å². The quantitative estimate of drug-likeness (QED) is 0.701. The van der Waals surface area contributed by atoms with E-state index in [1.807, 2.05) is 18.2 Å². The second-order valence-electron chi connectivity index (χ2n) is 6.41. The molecule has 6 nitrogen and oxygen atoms in total. The Kier molecular flexibility index (Phi) is 6.30. The maximum Gasteiger partial charge on any atom is 0.251 e. The molecule has 2 N–H and O–H groups in total. The number of hydrogen-bond acceptors (Lipinski definition) is 4. The Morgan fingerprint density at radius 3 is 2.44 bits per heavy atom. The van der Waals surface area contributed by atoms with Crippen molar-refractivity contribution in [3.63, 3.8) is 0 Å². The topological polar surface area (TPSA) is 76.7 Å². The van der Waals surface area contributed by atoms with E-state index in [1.165, 1.54) is 0 Å². The molecule has 6 heteroatoms. The van der Waals surface area contributed by atoms with Gasteiger partial charge < -0.3 is 20.1 Å². The number of hydrogen-bond donors (Lipinski definition) is 2. The predicted octanol–water partition coefficient (Wildman–Crippen LogP) is 3.27. The van der Waals surface area contributed by atoms with Crippen molar-refractivity contribution in [2.24, 2.45) is 0 Å². The minimum Gasteiger partial charge on any atom is -0.454 e. The number of unbranched alkanes of at least 4 members (excludes halogenated alkanes) is 2. The van der Waals surface area contributed by atoms with Gasteiger partial charge in [-0.25, -0.2) is 0 Å². The van der Waals surface area contributed by atoms with Gasteiger partial charge in [-0.1, -0.05) is 31.9 Å². The third-order valence-electron chi connectivity index (χ3n) is 4.34. The highest BCUT2D eigenvalue weighted by molar-refractivity contribution is 5.99. The number of amides is 2. The van der Waals surface area contributed by atoms with Crippen molar-refractivity contribution in [1.29, 1.82) is 0 Å². The van der Waals surface area contributed by atoms with Gasteiger partial charge in [0.1, 0.15) is 0 Å². The molecule has 0 fully saturated rings. The van der Waals surface area contributed by atoms with Crippen LogP contribution in [0.15, 0.2) is 42.5 Å². The van der Waals surface area contributed by atoms with Crippen LogP contribution in [0, 0.1) is 0 Å². The first kappa shape index (κ1) is 18.8. The molecular formula is C21H24N2O4. The van der Waals surface area contributed by atoms with Gasteiger partial charge in [0, 0.05) is 24.2 Å². The lowest BCUT2D eigenvalue weighted by molar-refractivity contribution is 0.0950. The Bertz CT molecular complexity index is 820. The molecule has 1 aliphatic heterocycles. The third kappa shape index (κ3) is 5.00. The molecule has 0 unspecified atom stereocenters. The fraction of sp³-hybridized carbons (Fsp3) is 0.333. The van der Waals surface area contributed by atoms with Crippen LogP contribution >= 0.6 is 0 Å². The van der Waals surface area contributed by atoms with Crippen LogP contribution in [0.1, 0.15) is 52.5 Å². The van der Waals surface area contributed by atoms with Crippen molar-refractivity contribution < 1.29 is 19.1 Å². The van der Waals surface area contributed by atoms with Gasteiger partial charge in [-0.15, -0.1) is 0 Å². The summed E-state index contributed by atoms with van der Waals surface area (Å²) in [6.45, 7) is 3.35. The maximum atomic E-state index is 12.4. The summed E-state index contributed by atoms with van der Waals surface area (Å²) in [5, 5.41) is 5.75. The van der Waals surface area contributed by atoms with E-state index < -0.39 is 0 Å². The zero-order chi connectivity index (χ0) is 19.1. The Balaban J connectivity index is 1.56. The summed E-state index contributed by atoms with van der Waals surface area (Å²) >= 11 is 0. The maximum absolute atomic E-state index is 12.4. The highest BCUT2D eigenvalue weighted by Crippen LogP contribution is 2.32. The molecule has 27 heavy (non-hydrogen) atoms. The number of ether oxygens (including phenoxy) is 2. The van der Waals surface area contributed by atoms with E-state index in [-0.39, 0.29) is 18.6 Å². The van der Waals surface area contributed by atoms with Crippen molar-refractivity contribution in [1.82, 2.24) is 10.6 Å². The first-order chi connectivity index (χ1) is 13.2. The first-order valence-electron chi connectivity index (χ1n) is 9.22. The van der Waals surface area contributed by atoms with Crippen molar-refractivity contribution in [3.8, 4) is 11.5 Å². The number of rotatable bonds is 8. The van der Waals surface area contributed by atoms with Crippen LogP contribution in [0.3, 0.4) is 0 Å². The zero-order valence-corrected chi connectivity index (χ0v) is 15.4. The van der Waals surface area contributed by atoms with E-state index in [2.05, 4.69) is 17.6 Å². The Labute approximate surface area is 158 Å². The number of nitrogens with one attached hydrogen (secondary N) is 2. The molecule has 1 aliphatic rings. The smallest absolute Gasteiger partial charge is 0.251 e. The minimum absolute atomic E-state index is 0.156. The van der Waals surface area contributed by atoms with Gasteiger partial charge in [-0.3, -0.25) is 9.59 Å². The third-order valence-corrected chi connectivity index (χ3v) is 4.34. The summed E-state index contributed by atoms with van der Waals surface area (Å²) in [6.07, 6.45) is 3.15. The molecular weight excluding hydrogens is 344 g/mol. The van der Waals surface area contributed by atoms with Gasteiger partial charge in [-0.2, -0.15) is 0 Å². The van der Waals surface area contributed by atoms with Gasteiger partial charge >= 0.3 is 0 Å². The highest BCUT2D eigenvalue weighted by atomic mass is 16.7. The van der Waals surface area contributed by atoms with Crippen molar-refractivity contribution in [3.05, 3.63) is 59.2 Å². The minimum atomic E-state index is -0.228. The molecule has 0 spiro atoms. The predicted molar refractivity (Wildman–Crippen MR) is 102 cm³/mol. The van der Waals surface area contributed by atoms with Gasteiger partial charge in [0.25, 0.3) is 11.8 Å². The van der Waals surface area contributed by atoms with Crippen molar-refractivity contribution >= 4 is 11.8 Å². The Morgan fingerprint density at radius 1 is 0.926 bits per heavy atom. The van der Waals surface area contributed by atoms with Crippen LogP contribution in [-0.4, -0.2) is 25.2 Å². The standard InChI is InChI=1S/C21H24N2O4/c1-2-3-4-10-22-20(24)16-6-5-7-17(12-16)21(25)23-13-15-8-9-18-19(11-15)27-14-26-18/h5-9,11-12H,2-4,10,13-14H2,1H3,(H,22,24)(H,23,25). The largest absolute Gasteiger partial charge is 0.454 e. The van der Waals surface area contributed by atoms with Crippen LogP contribution in [0.2, 0.25) is 0 Å². The lowest BCUT2D eigenvalue weighted by Gasteiger charge is -2.08. The molecule has 0 atom stereocenters. The Hall–Kier alpha value is -3.02. The molecule has 0 saturated carbocycles. The molecule has 3 rings (SSSR count). The summed E-state index contributed by atoms with van der Waals surface area (Å²) < 4.78 is 10.6. The van der Waals surface area contributed by atoms with Gasteiger partial charge in [0.05, 0.1) is 0 Å². The fourth-order valence-corrected chi connectivity index (χ4v) is 2.82. The molecule has 142 valence electrons. The number of benzene rings is 2. The molecule has 0 saturated heterocycles. The molecule has 0 radical (unpaired) electrons. The monoisotopic (exact) mass is 368 g/mol. The lowest BCUT2D eigenvalue weighted by Crippen LogP contribution is -2.26. The molecule has 2 aromatic carbocycles. The van der Waals surface area contributed by atoms with Crippen LogP contribution < -0.4 is 20.1 Å². The van der Waals surface area contributed by atoms with Crippen LogP contribution in [0.4, 0.5) is 0 Å². The van der Waals surface area contributed by atoms with Gasteiger partial charge in [0.2, 0.25) is 6.79 Å². The highest BCUT2D eigenvalue weighted by Gasteiger charge is 2.14. The van der Waals surface area contributed by atoms with Crippen LogP contribution in [0.25, 0.3) is 0 Å². The van der Waals surface area contributed by atoms with Crippen LogP contribution in [-0.2, 0) is 6.54 Å². The molecule has 1 heterocycles. The SMILES string of the molecule is CCCCCNC(=O)c1cccc(C(=O)NCc2ccc3c(c2)OCO3)c1. The number of fused-ring (bicyclic) bond motifs is 1. The average Bonchev–Trinajstić information content (AvgIpc) is 3.17. The second kappa shape index (κ2) is 9.07. The van der Waals surface area contributed by atoms with Crippen molar-refractivity contribution in [2.45, 2.75) is 32.7 Å². The molecule has 2 aromatic rings. The summed E-state index contributed by atoms with van der Waals surface area (Å²) in [5.41, 5.74) is 1.86. The summed E-state index contributed by atoms with van der Waals surface area (Å²) in [4.78, 5) is 24.6. The Morgan fingerprint density at radius 2 is 1.67 bits per heavy atom. The van der Waals surface area contributed by atoms with E-state index >= 15 is 0 Å². The summed E-state index contributed by atoms with van der Waals surface area (Å²) in [5.74, 6) is 1.01. The molecule has 0 aromatic heterocycles. The molecule has 2 amide bonds. The first-order valence-corrected chi connectivity index (χ1v) is 9.22. The molecule has 0 aliphatic carbocycles. The molecule has 0 bridgehead atoms. The fourth-order valence-electron chi connectivity index (χ4n) is 2.82.